The molecular weight excluding hydrogens is 214 g/mol. The molecule has 1 fully saturated rings. The predicted octanol–water partition coefficient (Wildman–Crippen LogP) is 2.30. The van der Waals surface area contributed by atoms with Crippen molar-refractivity contribution in [3.8, 4) is 5.88 Å². The average molecular weight is 235 g/mol. The highest BCUT2D eigenvalue weighted by atomic mass is 16.5. The second-order valence-electron chi connectivity index (χ2n) is 5.22. The van der Waals surface area contributed by atoms with E-state index >= 15 is 0 Å². The van der Waals surface area contributed by atoms with Crippen LogP contribution in [0, 0.1) is 0 Å². The fourth-order valence-corrected chi connectivity index (χ4v) is 1.38. The fraction of sp³-hybridized carbons (Fsp3) is 0.692. The van der Waals surface area contributed by atoms with Gasteiger partial charge in [0.05, 0.1) is 18.1 Å². The maximum absolute atomic E-state index is 5.75. The molecule has 17 heavy (non-hydrogen) atoms. The van der Waals surface area contributed by atoms with Crippen molar-refractivity contribution >= 4 is 0 Å². The number of nitrogens with one attached hydrogen (secondary N) is 1. The van der Waals surface area contributed by atoms with Gasteiger partial charge < -0.3 is 10.1 Å². The predicted molar refractivity (Wildman–Crippen MR) is 66.9 cm³/mol. The molecule has 0 unspecified atom stereocenters. The molecule has 1 N–H and O–H groups in total. The summed E-state index contributed by atoms with van der Waals surface area (Å²) in [5.74, 6) is 0.604. The number of ether oxygens (including phenoxy) is 1. The molecule has 4 nitrogen and oxygen atoms in total. The van der Waals surface area contributed by atoms with Crippen LogP contribution in [0.3, 0.4) is 0 Å². The molecule has 2 rings (SSSR count). The van der Waals surface area contributed by atoms with Gasteiger partial charge in [-0.25, -0.2) is 4.98 Å². The molecule has 0 amide bonds. The average Bonchev–Trinajstić information content (AvgIpc) is 3.12. The van der Waals surface area contributed by atoms with Crippen molar-refractivity contribution < 1.29 is 4.74 Å². The first-order valence-corrected chi connectivity index (χ1v) is 6.32. The molecule has 1 aliphatic rings. The van der Waals surface area contributed by atoms with Crippen LogP contribution >= 0.6 is 0 Å². The summed E-state index contributed by atoms with van der Waals surface area (Å²) < 4.78 is 5.75. The molecular formula is C13H21N3O. The normalized spacial score (nSPS) is 15.9. The highest BCUT2D eigenvalue weighted by Crippen LogP contribution is 2.20. The van der Waals surface area contributed by atoms with Crippen LogP contribution in [0.25, 0.3) is 0 Å². The van der Waals surface area contributed by atoms with Crippen LogP contribution in [0.2, 0.25) is 0 Å². The van der Waals surface area contributed by atoms with Crippen molar-refractivity contribution in [2.75, 3.05) is 0 Å². The summed E-state index contributed by atoms with van der Waals surface area (Å²) in [5.41, 5.74) is 0.793. The Morgan fingerprint density at radius 2 is 2.12 bits per heavy atom. The summed E-state index contributed by atoms with van der Waals surface area (Å²) >= 11 is 0. The zero-order valence-corrected chi connectivity index (χ0v) is 10.9. The van der Waals surface area contributed by atoms with Gasteiger partial charge in [-0.1, -0.05) is 6.92 Å². The van der Waals surface area contributed by atoms with Gasteiger partial charge in [-0.3, -0.25) is 4.98 Å². The topological polar surface area (TPSA) is 47.0 Å². The third-order valence-corrected chi connectivity index (χ3v) is 3.06. The number of rotatable bonds is 6. The molecule has 0 spiro atoms. The molecule has 1 saturated carbocycles. The van der Waals surface area contributed by atoms with Crippen molar-refractivity contribution in [3.05, 3.63) is 18.1 Å². The first-order chi connectivity index (χ1) is 8.09. The van der Waals surface area contributed by atoms with Crippen LogP contribution in [0.15, 0.2) is 12.4 Å². The van der Waals surface area contributed by atoms with Crippen LogP contribution in [-0.4, -0.2) is 21.6 Å². The highest BCUT2D eigenvalue weighted by molar-refractivity contribution is 5.08. The molecule has 4 heteroatoms. The van der Waals surface area contributed by atoms with Crippen molar-refractivity contribution in [2.45, 2.75) is 58.2 Å². The van der Waals surface area contributed by atoms with E-state index in [-0.39, 0.29) is 5.60 Å². The van der Waals surface area contributed by atoms with E-state index in [0.29, 0.717) is 11.9 Å². The Hall–Kier alpha value is -1.16. The van der Waals surface area contributed by atoms with Crippen LogP contribution < -0.4 is 10.1 Å². The van der Waals surface area contributed by atoms with Crippen molar-refractivity contribution in [3.63, 3.8) is 0 Å². The minimum atomic E-state index is -0.178. The molecule has 0 aliphatic heterocycles. The summed E-state index contributed by atoms with van der Waals surface area (Å²) in [5, 5.41) is 3.41. The first kappa shape index (κ1) is 12.3. The zero-order chi connectivity index (χ0) is 12.3. The van der Waals surface area contributed by atoms with Crippen LogP contribution in [-0.2, 0) is 6.54 Å². The minimum Gasteiger partial charge on any atom is -0.471 e. The Labute approximate surface area is 103 Å². The van der Waals surface area contributed by atoms with Gasteiger partial charge in [-0.2, -0.15) is 0 Å². The molecule has 0 atom stereocenters. The molecule has 0 bridgehead atoms. The van der Waals surface area contributed by atoms with E-state index in [1.807, 2.05) is 0 Å². The second kappa shape index (κ2) is 5.00. The fourth-order valence-electron chi connectivity index (χ4n) is 1.38. The number of hydrogen-bond donors (Lipinski definition) is 1. The van der Waals surface area contributed by atoms with Gasteiger partial charge in [0.1, 0.15) is 5.60 Å². The Morgan fingerprint density at radius 3 is 2.65 bits per heavy atom. The Kier molecular flexibility index (Phi) is 3.62. The summed E-state index contributed by atoms with van der Waals surface area (Å²) in [6.45, 7) is 7.00. The molecule has 0 radical (unpaired) electrons. The molecule has 1 aromatic rings. The Bertz CT molecular complexity index is 357. The number of hydrogen-bond acceptors (Lipinski definition) is 4. The van der Waals surface area contributed by atoms with E-state index < -0.39 is 0 Å². The lowest BCUT2D eigenvalue weighted by Gasteiger charge is -2.23. The van der Waals surface area contributed by atoms with E-state index in [4.69, 9.17) is 4.74 Å². The van der Waals surface area contributed by atoms with Gasteiger partial charge in [0.2, 0.25) is 5.88 Å². The number of nitrogens with zero attached hydrogens (tertiary/aromatic N) is 2. The monoisotopic (exact) mass is 235 g/mol. The van der Waals surface area contributed by atoms with E-state index in [2.05, 4.69) is 36.1 Å². The zero-order valence-electron chi connectivity index (χ0n) is 10.9. The van der Waals surface area contributed by atoms with Gasteiger partial charge in [0.25, 0.3) is 0 Å². The van der Waals surface area contributed by atoms with E-state index in [1.54, 1.807) is 12.4 Å². The lowest BCUT2D eigenvalue weighted by Crippen LogP contribution is -2.27. The smallest absolute Gasteiger partial charge is 0.232 e. The minimum absolute atomic E-state index is 0.178. The van der Waals surface area contributed by atoms with Gasteiger partial charge in [0.15, 0.2) is 0 Å². The van der Waals surface area contributed by atoms with Crippen LogP contribution in [0.1, 0.15) is 45.7 Å². The van der Waals surface area contributed by atoms with E-state index in [0.717, 1.165) is 18.7 Å². The van der Waals surface area contributed by atoms with Gasteiger partial charge >= 0.3 is 0 Å². The molecule has 0 aromatic carbocycles. The molecule has 0 saturated heterocycles. The molecule has 1 heterocycles. The molecule has 1 aliphatic carbocycles. The van der Waals surface area contributed by atoms with Crippen molar-refractivity contribution in [1.29, 1.82) is 0 Å². The third-order valence-electron chi connectivity index (χ3n) is 3.06. The second-order valence-corrected chi connectivity index (χ2v) is 5.22. The van der Waals surface area contributed by atoms with Crippen molar-refractivity contribution in [1.82, 2.24) is 15.3 Å². The molecule has 94 valence electrons. The summed E-state index contributed by atoms with van der Waals surface area (Å²) in [4.78, 5) is 8.63. The largest absolute Gasteiger partial charge is 0.471 e. The maximum Gasteiger partial charge on any atom is 0.232 e. The van der Waals surface area contributed by atoms with E-state index in [9.17, 15) is 0 Å². The standard InChI is InChI=1S/C13H21N3O/c1-4-13(2,3)17-12-9-15-11(8-16-12)7-14-10-5-6-10/h8-10,14H,4-7H2,1-3H3. The quantitative estimate of drug-likeness (QED) is 0.822. The van der Waals surface area contributed by atoms with Crippen molar-refractivity contribution in [2.24, 2.45) is 0 Å². The van der Waals surface area contributed by atoms with Crippen LogP contribution in [0.4, 0.5) is 0 Å². The highest BCUT2D eigenvalue weighted by Gasteiger charge is 2.20. The van der Waals surface area contributed by atoms with Gasteiger partial charge in [-0.15, -0.1) is 0 Å². The molecule has 1 aromatic heterocycles. The third kappa shape index (κ3) is 3.97. The van der Waals surface area contributed by atoms with E-state index in [1.165, 1.54) is 12.8 Å². The summed E-state index contributed by atoms with van der Waals surface area (Å²) in [6.07, 6.45) is 7.02. The summed E-state index contributed by atoms with van der Waals surface area (Å²) in [7, 11) is 0. The van der Waals surface area contributed by atoms with Gasteiger partial charge in [0, 0.05) is 12.6 Å². The maximum atomic E-state index is 5.75. The van der Waals surface area contributed by atoms with Gasteiger partial charge in [-0.05, 0) is 33.1 Å². The SMILES string of the molecule is CCC(C)(C)Oc1cnc(CNC2CC2)cn1. The Balaban J connectivity index is 1.87. The van der Waals surface area contributed by atoms with Crippen LogP contribution in [0.5, 0.6) is 5.88 Å². The number of aromatic nitrogens is 2. The lowest BCUT2D eigenvalue weighted by atomic mass is 10.1. The lowest BCUT2D eigenvalue weighted by molar-refractivity contribution is 0.0983. The Morgan fingerprint density at radius 1 is 1.35 bits per heavy atom. The first-order valence-electron chi connectivity index (χ1n) is 6.32. The summed E-state index contributed by atoms with van der Waals surface area (Å²) in [6, 6.07) is 0.701.